The van der Waals surface area contributed by atoms with E-state index < -0.39 is 24.8 Å². The molecule has 0 aliphatic heterocycles. The van der Waals surface area contributed by atoms with Crippen molar-refractivity contribution in [1.29, 1.82) is 0 Å². The third-order valence-electron chi connectivity index (χ3n) is 10.6. The minimum atomic E-state index is -2.89. The van der Waals surface area contributed by atoms with Crippen molar-refractivity contribution in [1.82, 2.24) is 8.88 Å². The Balaban J connectivity index is 1.46. The third-order valence-corrected chi connectivity index (χ3v) is 34.1. The second kappa shape index (κ2) is 19.1. The molecule has 0 radical (unpaired) electrons. The minimum Gasteiger partial charge on any atom is -0.230 e. The lowest BCUT2D eigenvalue weighted by molar-refractivity contribution is 0.607. The van der Waals surface area contributed by atoms with E-state index in [-0.39, 0.29) is 0 Å². The van der Waals surface area contributed by atoms with Crippen molar-refractivity contribution in [2.24, 2.45) is 0 Å². The highest BCUT2D eigenvalue weighted by Gasteiger charge is 2.45. The molecule has 0 heterocycles. The number of rotatable bonds is 15. The summed E-state index contributed by atoms with van der Waals surface area (Å²) in [7, 11) is 0. The zero-order valence-electron chi connectivity index (χ0n) is 32.8. The molecule has 0 unspecified atom stereocenters. The monoisotopic (exact) mass is 924 g/mol. The maximum absolute atomic E-state index is 7.36. The highest BCUT2D eigenvalue weighted by Crippen LogP contribution is 2.67. The molecule has 0 aliphatic carbocycles. The van der Waals surface area contributed by atoms with Gasteiger partial charge in [0.25, 0.3) is 0 Å². The lowest BCUT2D eigenvalue weighted by Crippen LogP contribution is -2.43. The second-order valence-corrected chi connectivity index (χ2v) is 31.8. The first-order valence-electron chi connectivity index (χ1n) is 19.7. The highest BCUT2D eigenvalue weighted by atomic mass is 32.5. The smallest absolute Gasteiger partial charge is 0.0754 e. The van der Waals surface area contributed by atoms with Crippen molar-refractivity contribution in [3.05, 3.63) is 243 Å². The van der Waals surface area contributed by atoms with E-state index in [0.29, 0.717) is 13.1 Å². The number of hydrogen-bond donors (Lipinski definition) is 0. The molecule has 8 rings (SSSR count). The van der Waals surface area contributed by atoms with Gasteiger partial charge in [-0.3, -0.25) is 0 Å². The van der Waals surface area contributed by atoms with Gasteiger partial charge in [0.2, 0.25) is 0 Å². The van der Waals surface area contributed by atoms with E-state index in [1.54, 1.807) is 0 Å². The summed E-state index contributed by atoms with van der Waals surface area (Å²) in [6.07, 6.45) is -11.6. The van der Waals surface area contributed by atoms with Gasteiger partial charge in [-0.2, -0.15) is 0 Å². The summed E-state index contributed by atoms with van der Waals surface area (Å²) in [5.41, 5.74) is 0. The largest absolute Gasteiger partial charge is 0.230 e. The summed E-state index contributed by atoms with van der Waals surface area (Å²) in [5, 5.41) is 8.74. The van der Waals surface area contributed by atoms with E-state index in [9.17, 15) is 0 Å². The number of hydrogen-bond acceptors (Lipinski definition) is 4. The molecule has 0 atom stereocenters. The summed E-state index contributed by atoms with van der Waals surface area (Å²) < 4.78 is 5.19. The van der Waals surface area contributed by atoms with E-state index >= 15 is 0 Å². The fourth-order valence-corrected chi connectivity index (χ4v) is 31.2. The maximum atomic E-state index is 7.36. The summed E-state index contributed by atoms with van der Waals surface area (Å²) in [5.74, 6) is 0. The normalized spacial score (nSPS) is 12.4. The Hall–Kier alpha value is -3.72. The van der Waals surface area contributed by atoms with E-state index in [4.69, 9.17) is 47.2 Å². The average Bonchev–Trinajstić information content (AvgIpc) is 3.34. The molecule has 0 bridgehead atoms. The van der Waals surface area contributed by atoms with Gasteiger partial charge in [0, 0.05) is 55.5 Å². The SMILES string of the molecule is S=P(c1ccccc1)(c1ccccc1)N(CCN(P(=S)(c1ccccc1)c1ccccc1)P(=S)(c1ccccc1)c1ccccc1)P(=S)(c1ccccc1)c1ccccc1. The van der Waals surface area contributed by atoms with Gasteiger partial charge in [0.1, 0.15) is 0 Å². The summed E-state index contributed by atoms with van der Waals surface area (Å²) >= 11 is 29.5. The van der Waals surface area contributed by atoms with Crippen LogP contribution >= 0.6 is 24.8 Å². The Kier molecular flexibility index (Phi) is 13.7. The highest BCUT2D eigenvalue weighted by molar-refractivity contribution is 8.30. The molecule has 60 heavy (non-hydrogen) atoms. The molecule has 0 N–H and O–H groups in total. The summed E-state index contributed by atoms with van der Waals surface area (Å²) in [4.78, 5) is 0. The zero-order chi connectivity index (χ0) is 41.5. The molecular weight excluding hydrogens is 881 g/mol. The van der Waals surface area contributed by atoms with Crippen LogP contribution in [0.5, 0.6) is 0 Å². The quantitative estimate of drug-likeness (QED) is 0.0940. The van der Waals surface area contributed by atoms with Gasteiger partial charge in [-0.15, -0.1) is 0 Å². The molecule has 298 valence electrons. The molecule has 10 heteroatoms. The van der Waals surface area contributed by atoms with E-state index in [1.807, 2.05) is 0 Å². The Bertz CT molecular complexity index is 2260. The molecule has 2 nitrogen and oxygen atoms in total. The molecule has 8 aromatic rings. The van der Waals surface area contributed by atoms with Crippen LogP contribution in [0.15, 0.2) is 243 Å². The van der Waals surface area contributed by atoms with Crippen LogP contribution in [0.2, 0.25) is 0 Å². The molecule has 0 fully saturated rings. The molecule has 0 saturated heterocycles. The summed E-state index contributed by atoms with van der Waals surface area (Å²) in [6, 6.07) is 85.4. The first-order chi connectivity index (χ1) is 29.3. The average molecular weight is 925 g/mol. The Morgan fingerprint density at radius 1 is 0.217 bits per heavy atom. The Morgan fingerprint density at radius 2 is 0.333 bits per heavy atom. The van der Waals surface area contributed by atoms with Gasteiger partial charge in [-0.1, -0.05) is 290 Å². The van der Waals surface area contributed by atoms with Crippen molar-refractivity contribution in [2.75, 3.05) is 13.1 Å². The fraction of sp³-hybridized carbons (Fsp3) is 0.0400. The van der Waals surface area contributed by atoms with E-state index in [2.05, 4.69) is 252 Å². The van der Waals surface area contributed by atoms with Gasteiger partial charge in [0.05, 0.1) is 24.8 Å². The summed E-state index contributed by atoms with van der Waals surface area (Å²) in [6.45, 7) is 1.02. The van der Waals surface area contributed by atoms with Crippen LogP contribution in [0.25, 0.3) is 0 Å². The lowest BCUT2D eigenvalue weighted by Gasteiger charge is -2.48. The van der Waals surface area contributed by atoms with Crippen molar-refractivity contribution >= 4 is 114 Å². The minimum absolute atomic E-state index is 0.512. The van der Waals surface area contributed by atoms with Gasteiger partial charge < -0.3 is 0 Å². The van der Waals surface area contributed by atoms with Crippen molar-refractivity contribution in [3.63, 3.8) is 0 Å². The topological polar surface area (TPSA) is 6.48 Å². The van der Waals surface area contributed by atoms with Crippen LogP contribution in [0.3, 0.4) is 0 Å². The van der Waals surface area contributed by atoms with Gasteiger partial charge in [-0.25, -0.2) is 8.88 Å². The maximum Gasteiger partial charge on any atom is 0.0754 e. The fourth-order valence-electron chi connectivity index (χ4n) is 7.80. The van der Waals surface area contributed by atoms with Crippen LogP contribution in [0, 0.1) is 0 Å². The Labute approximate surface area is 376 Å². The van der Waals surface area contributed by atoms with E-state index in [1.165, 1.54) is 0 Å². The lowest BCUT2D eigenvalue weighted by atomic mass is 10.4. The van der Waals surface area contributed by atoms with Gasteiger partial charge in [0.15, 0.2) is 0 Å². The first kappa shape index (κ1) is 42.9. The van der Waals surface area contributed by atoms with Gasteiger partial charge >= 0.3 is 0 Å². The van der Waals surface area contributed by atoms with Crippen molar-refractivity contribution in [2.45, 2.75) is 0 Å². The first-order valence-corrected chi connectivity index (χ1v) is 30.8. The predicted molar refractivity (Wildman–Crippen MR) is 279 cm³/mol. The third kappa shape index (κ3) is 8.18. The van der Waals surface area contributed by atoms with Crippen LogP contribution < -0.4 is 42.4 Å². The standard InChI is InChI=1S/C50H44N2P4S4/c57-53(43-25-9-1-10-26-43,44-27-11-2-12-28-44)51(54(58,45-29-13-3-14-30-45)46-31-15-4-16-32-46)41-42-52(55(59,47-33-17-5-18-34-47)48-35-19-6-20-36-48)56(60,49-37-21-7-22-38-49)50-39-23-8-24-40-50/h1-40H,41-42H2. The van der Waals surface area contributed by atoms with E-state index in [0.717, 1.165) is 42.4 Å². The molecule has 0 saturated carbocycles. The van der Waals surface area contributed by atoms with Gasteiger partial charge in [-0.05, 0) is 0 Å². The van der Waals surface area contributed by atoms with Crippen LogP contribution in [-0.4, -0.2) is 22.0 Å². The van der Waals surface area contributed by atoms with Crippen LogP contribution in [0.4, 0.5) is 0 Å². The van der Waals surface area contributed by atoms with Crippen molar-refractivity contribution < 1.29 is 0 Å². The van der Waals surface area contributed by atoms with Crippen LogP contribution in [-0.2, 0) is 47.2 Å². The molecule has 8 aromatic carbocycles. The molecule has 0 aromatic heterocycles. The molecule has 0 amide bonds. The molecule has 0 spiro atoms. The number of nitrogens with zero attached hydrogens (tertiary/aromatic N) is 2. The Morgan fingerprint density at radius 3 is 0.450 bits per heavy atom. The van der Waals surface area contributed by atoms with Crippen molar-refractivity contribution in [3.8, 4) is 0 Å². The second-order valence-electron chi connectivity index (χ2n) is 14.2. The molecular formula is C50H44N2P4S4. The predicted octanol–water partition coefficient (Wildman–Crippen LogP) is 9.77. The number of benzene rings is 8. The van der Waals surface area contributed by atoms with Crippen LogP contribution in [0.1, 0.15) is 0 Å². The zero-order valence-corrected chi connectivity index (χ0v) is 39.7. The molecule has 0 aliphatic rings.